The summed E-state index contributed by atoms with van der Waals surface area (Å²) in [5.74, 6) is -1.45. The number of fused-ring (bicyclic) bond motifs is 1. The number of halogens is 3. The molecule has 25 heavy (non-hydrogen) atoms. The predicted octanol–water partition coefficient (Wildman–Crippen LogP) is 2.28. The Labute approximate surface area is 140 Å². The van der Waals surface area contributed by atoms with Gasteiger partial charge in [-0.05, 0) is 12.1 Å². The standard InChI is InChI=1S/C14H12F3N5O2S/c1-18-11-10-12(21-13(20-11)14(15,16)17)22(7-19-10)8-5-3-4-6-9(8)25(2,23)24/h3-7H,1-2H3,(H,18,20,21). The summed E-state index contributed by atoms with van der Waals surface area (Å²) in [4.78, 5) is 10.9. The van der Waals surface area contributed by atoms with Crippen molar-refractivity contribution in [2.24, 2.45) is 0 Å². The number of nitrogens with one attached hydrogen (secondary N) is 1. The molecule has 0 unspecified atom stereocenters. The summed E-state index contributed by atoms with van der Waals surface area (Å²) in [5, 5.41) is 2.55. The summed E-state index contributed by atoms with van der Waals surface area (Å²) in [6, 6.07) is 5.92. The molecule has 11 heteroatoms. The molecular formula is C14H12F3N5O2S. The highest BCUT2D eigenvalue weighted by atomic mass is 32.2. The first kappa shape index (κ1) is 17.1. The highest BCUT2D eigenvalue weighted by Gasteiger charge is 2.36. The number of aromatic nitrogens is 4. The van der Waals surface area contributed by atoms with Gasteiger partial charge < -0.3 is 5.32 Å². The molecule has 0 fully saturated rings. The van der Waals surface area contributed by atoms with Crippen molar-refractivity contribution in [1.82, 2.24) is 19.5 Å². The van der Waals surface area contributed by atoms with Crippen LogP contribution in [0.2, 0.25) is 0 Å². The lowest BCUT2D eigenvalue weighted by Gasteiger charge is -2.11. The van der Waals surface area contributed by atoms with Gasteiger partial charge in [0, 0.05) is 13.3 Å². The molecule has 0 spiro atoms. The maximum absolute atomic E-state index is 13.1. The van der Waals surface area contributed by atoms with Crippen LogP contribution in [0.4, 0.5) is 19.0 Å². The van der Waals surface area contributed by atoms with Gasteiger partial charge in [0.25, 0.3) is 0 Å². The average Bonchev–Trinajstić information content (AvgIpc) is 2.96. The minimum atomic E-state index is -4.76. The summed E-state index contributed by atoms with van der Waals surface area (Å²) in [7, 11) is -2.20. The van der Waals surface area contributed by atoms with Gasteiger partial charge in [-0.25, -0.2) is 23.4 Å². The molecule has 0 amide bonds. The van der Waals surface area contributed by atoms with Gasteiger partial charge in [0.15, 0.2) is 26.8 Å². The average molecular weight is 371 g/mol. The first-order valence-electron chi connectivity index (χ1n) is 6.92. The van der Waals surface area contributed by atoms with Gasteiger partial charge in [-0.3, -0.25) is 4.57 Å². The largest absolute Gasteiger partial charge is 0.451 e. The van der Waals surface area contributed by atoms with Crippen molar-refractivity contribution < 1.29 is 21.6 Å². The second-order valence-electron chi connectivity index (χ2n) is 5.17. The lowest BCUT2D eigenvalue weighted by molar-refractivity contribution is -0.144. The number of alkyl halides is 3. The first-order chi connectivity index (χ1) is 11.6. The Balaban J connectivity index is 2.37. The summed E-state index contributed by atoms with van der Waals surface area (Å²) < 4.78 is 64.3. The molecule has 1 N–H and O–H groups in total. The van der Waals surface area contributed by atoms with Crippen molar-refractivity contribution in [2.45, 2.75) is 11.1 Å². The second kappa shape index (κ2) is 5.69. The smallest absolute Gasteiger partial charge is 0.371 e. The van der Waals surface area contributed by atoms with Gasteiger partial charge in [-0.2, -0.15) is 13.2 Å². The molecule has 0 atom stereocenters. The minimum Gasteiger partial charge on any atom is -0.371 e. The van der Waals surface area contributed by atoms with E-state index in [1.54, 1.807) is 6.07 Å². The second-order valence-corrected chi connectivity index (χ2v) is 7.15. The molecule has 1 aromatic carbocycles. The summed E-state index contributed by atoms with van der Waals surface area (Å²) in [6.07, 6.45) is -2.53. The maximum Gasteiger partial charge on any atom is 0.451 e. The van der Waals surface area contributed by atoms with E-state index >= 15 is 0 Å². The first-order valence-corrected chi connectivity index (χ1v) is 8.81. The highest BCUT2D eigenvalue weighted by Crippen LogP contribution is 2.31. The zero-order valence-electron chi connectivity index (χ0n) is 13.0. The number of rotatable bonds is 3. The van der Waals surface area contributed by atoms with Crippen LogP contribution in [0, 0.1) is 0 Å². The number of hydrogen-bond donors (Lipinski definition) is 1. The van der Waals surface area contributed by atoms with E-state index in [9.17, 15) is 21.6 Å². The SMILES string of the molecule is CNc1nc(C(F)(F)F)nc2c1ncn2-c1ccccc1S(C)(=O)=O. The number of anilines is 1. The monoisotopic (exact) mass is 371 g/mol. The van der Waals surface area contributed by atoms with Gasteiger partial charge in [-0.15, -0.1) is 0 Å². The molecule has 0 bridgehead atoms. The molecule has 2 heterocycles. The number of hydrogen-bond acceptors (Lipinski definition) is 6. The van der Waals surface area contributed by atoms with Gasteiger partial charge in [-0.1, -0.05) is 12.1 Å². The van der Waals surface area contributed by atoms with E-state index in [0.29, 0.717) is 0 Å². The van der Waals surface area contributed by atoms with Crippen LogP contribution in [-0.4, -0.2) is 41.2 Å². The summed E-state index contributed by atoms with van der Waals surface area (Å²) in [5.41, 5.74) is 0.1000. The molecule has 0 aliphatic rings. The molecule has 0 radical (unpaired) electrons. The number of benzene rings is 1. The van der Waals surface area contributed by atoms with E-state index in [4.69, 9.17) is 0 Å². The third kappa shape index (κ3) is 3.02. The molecule has 0 aliphatic heterocycles. The Bertz CT molecular complexity index is 1060. The number of imidazole rings is 1. The van der Waals surface area contributed by atoms with Crippen molar-refractivity contribution in [3.8, 4) is 5.69 Å². The van der Waals surface area contributed by atoms with Gasteiger partial charge >= 0.3 is 6.18 Å². The van der Waals surface area contributed by atoms with Crippen LogP contribution >= 0.6 is 0 Å². The van der Waals surface area contributed by atoms with E-state index < -0.39 is 21.8 Å². The van der Waals surface area contributed by atoms with Gasteiger partial charge in [0.2, 0.25) is 5.82 Å². The molecule has 2 aromatic heterocycles. The zero-order valence-corrected chi connectivity index (χ0v) is 13.9. The van der Waals surface area contributed by atoms with Gasteiger partial charge in [0.05, 0.1) is 10.6 Å². The quantitative estimate of drug-likeness (QED) is 0.760. The van der Waals surface area contributed by atoms with Crippen molar-refractivity contribution >= 4 is 26.8 Å². The normalized spacial score (nSPS) is 12.5. The number of sulfone groups is 1. The summed E-state index contributed by atoms with van der Waals surface area (Å²) in [6.45, 7) is 0. The van der Waals surface area contributed by atoms with Crippen LogP contribution < -0.4 is 5.32 Å². The van der Waals surface area contributed by atoms with Crippen LogP contribution in [0.3, 0.4) is 0 Å². The van der Waals surface area contributed by atoms with Crippen molar-refractivity contribution in [3.05, 3.63) is 36.4 Å². The van der Waals surface area contributed by atoms with E-state index in [-0.39, 0.29) is 27.6 Å². The maximum atomic E-state index is 13.1. The van der Waals surface area contributed by atoms with E-state index in [1.165, 1.54) is 36.1 Å². The lowest BCUT2D eigenvalue weighted by atomic mass is 10.3. The van der Waals surface area contributed by atoms with Gasteiger partial charge in [0.1, 0.15) is 6.33 Å². The Morgan fingerprint density at radius 3 is 2.44 bits per heavy atom. The fraction of sp³-hybridized carbons (Fsp3) is 0.214. The van der Waals surface area contributed by atoms with E-state index in [1.807, 2.05) is 0 Å². The van der Waals surface area contributed by atoms with Crippen molar-refractivity contribution in [1.29, 1.82) is 0 Å². The Kier molecular flexibility index (Phi) is 3.90. The van der Waals surface area contributed by atoms with Crippen LogP contribution in [0.5, 0.6) is 0 Å². The lowest BCUT2D eigenvalue weighted by Crippen LogP contribution is -2.14. The van der Waals surface area contributed by atoms with Crippen LogP contribution in [0.15, 0.2) is 35.5 Å². The molecule has 0 aliphatic carbocycles. The topological polar surface area (TPSA) is 89.8 Å². The Morgan fingerprint density at radius 1 is 1.16 bits per heavy atom. The number of nitrogens with zero attached hydrogens (tertiary/aromatic N) is 4. The van der Waals surface area contributed by atoms with Crippen LogP contribution in [0.25, 0.3) is 16.9 Å². The van der Waals surface area contributed by atoms with Crippen LogP contribution in [-0.2, 0) is 16.0 Å². The van der Waals surface area contributed by atoms with E-state index in [0.717, 1.165) is 6.26 Å². The molecule has 3 aromatic rings. The fourth-order valence-electron chi connectivity index (χ4n) is 2.35. The zero-order chi connectivity index (χ0) is 18.4. The third-order valence-electron chi connectivity index (χ3n) is 3.41. The van der Waals surface area contributed by atoms with Crippen molar-refractivity contribution in [2.75, 3.05) is 18.6 Å². The Hall–Kier alpha value is -2.69. The van der Waals surface area contributed by atoms with Crippen molar-refractivity contribution in [3.63, 3.8) is 0 Å². The summed E-state index contributed by atoms with van der Waals surface area (Å²) >= 11 is 0. The van der Waals surface area contributed by atoms with Crippen LogP contribution in [0.1, 0.15) is 5.82 Å². The highest BCUT2D eigenvalue weighted by molar-refractivity contribution is 7.90. The predicted molar refractivity (Wildman–Crippen MR) is 84.3 cm³/mol. The molecule has 7 nitrogen and oxygen atoms in total. The Morgan fingerprint density at radius 2 is 1.84 bits per heavy atom. The fourth-order valence-corrected chi connectivity index (χ4v) is 3.22. The molecule has 132 valence electrons. The molecular weight excluding hydrogens is 359 g/mol. The molecule has 0 saturated carbocycles. The minimum absolute atomic E-state index is 0.0486. The third-order valence-corrected chi connectivity index (χ3v) is 4.55. The van der Waals surface area contributed by atoms with E-state index in [2.05, 4.69) is 20.3 Å². The molecule has 3 rings (SSSR count). The number of para-hydroxylation sites is 1. The molecule has 0 saturated heterocycles.